The highest BCUT2D eigenvalue weighted by Crippen LogP contribution is 2.22. The normalized spacial score (nSPS) is 10.9. The van der Waals surface area contributed by atoms with Crippen molar-refractivity contribution < 1.29 is 9.53 Å². The van der Waals surface area contributed by atoms with E-state index >= 15 is 0 Å². The largest absolute Gasteiger partial charge is 0.497 e. The van der Waals surface area contributed by atoms with E-state index in [2.05, 4.69) is 16.0 Å². The highest BCUT2D eigenvalue weighted by molar-refractivity contribution is 6.31. The van der Waals surface area contributed by atoms with E-state index in [1.807, 2.05) is 54.6 Å². The Morgan fingerprint density at radius 1 is 1.06 bits per heavy atom. The van der Waals surface area contributed by atoms with E-state index in [4.69, 9.17) is 21.3 Å². The van der Waals surface area contributed by atoms with E-state index in [1.165, 1.54) is 0 Å². The third kappa shape index (κ3) is 4.89. The van der Waals surface area contributed by atoms with Crippen LogP contribution in [0.2, 0.25) is 5.02 Å². The SMILES string of the molecule is COc1cccc(C(=O)NCCCc2nc3ccccc3n2Cc2ccccc2Cl)c1. The number of hydrogen-bond donors (Lipinski definition) is 1. The molecule has 1 heterocycles. The van der Waals surface area contributed by atoms with Crippen LogP contribution in [0.3, 0.4) is 0 Å². The lowest BCUT2D eigenvalue weighted by Gasteiger charge is -2.11. The Morgan fingerprint density at radius 3 is 2.71 bits per heavy atom. The van der Waals surface area contributed by atoms with Gasteiger partial charge in [0, 0.05) is 23.6 Å². The van der Waals surface area contributed by atoms with E-state index in [1.54, 1.807) is 19.2 Å². The van der Waals surface area contributed by atoms with Crippen LogP contribution in [0.4, 0.5) is 0 Å². The van der Waals surface area contributed by atoms with Gasteiger partial charge < -0.3 is 14.6 Å². The van der Waals surface area contributed by atoms with Crippen LogP contribution in [0.5, 0.6) is 5.75 Å². The first kappa shape index (κ1) is 20.9. The van der Waals surface area contributed by atoms with Gasteiger partial charge in [0.25, 0.3) is 5.91 Å². The zero-order valence-electron chi connectivity index (χ0n) is 17.3. The van der Waals surface area contributed by atoms with Gasteiger partial charge in [-0.05, 0) is 48.4 Å². The number of benzene rings is 3. The number of nitrogens with one attached hydrogen (secondary N) is 1. The number of carbonyl (C=O) groups is 1. The Kier molecular flexibility index (Phi) is 6.53. The summed E-state index contributed by atoms with van der Waals surface area (Å²) in [6, 6.07) is 23.1. The fourth-order valence-electron chi connectivity index (χ4n) is 3.60. The number of aryl methyl sites for hydroxylation is 1. The molecule has 0 aliphatic heterocycles. The van der Waals surface area contributed by atoms with Crippen molar-refractivity contribution in [2.45, 2.75) is 19.4 Å². The van der Waals surface area contributed by atoms with Crippen LogP contribution in [-0.4, -0.2) is 29.1 Å². The summed E-state index contributed by atoms with van der Waals surface area (Å²) in [6.45, 7) is 1.22. The number of ether oxygens (including phenoxy) is 1. The number of hydrogen-bond acceptors (Lipinski definition) is 3. The molecule has 0 spiro atoms. The van der Waals surface area contributed by atoms with Crippen molar-refractivity contribution in [3.63, 3.8) is 0 Å². The number of rotatable bonds is 8. The van der Waals surface area contributed by atoms with Gasteiger partial charge in [-0.25, -0.2) is 4.98 Å². The molecule has 1 aromatic heterocycles. The van der Waals surface area contributed by atoms with Crippen molar-refractivity contribution >= 4 is 28.5 Å². The van der Waals surface area contributed by atoms with Crippen LogP contribution in [0.25, 0.3) is 11.0 Å². The van der Waals surface area contributed by atoms with E-state index < -0.39 is 0 Å². The maximum Gasteiger partial charge on any atom is 0.251 e. The zero-order valence-corrected chi connectivity index (χ0v) is 18.1. The molecular formula is C25H24ClN3O2. The van der Waals surface area contributed by atoms with Crippen molar-refractivity contribution in [1.82, 2.24) is 14.9 Å². The van der Waals surface area contributed by atoms with Crippen molar-refractivity contribution in [2.75, 3.05) is 13.7 Å². The molecule has 1 N–H and O–H groups in total. The fraction of sp³-hybridized carbons (Fsp3) is 0.200. The molecule has 158 valence electrons. The highest BCUT2D eigenvalue weighted by atomic mass is 35.5. The molecule has 3 aromatic carbocycles. The average molecular weight is 434 g/mol. The van der Waals surface area contributed by atoms with Crippen LogP contribution in [0, 0.1) is 0 Å². The summed E-state index contributed by atoms with van der Waals surface area (Å²) >= 11 is 6.40. The first-order valence-corrected chi connectivity index (χ1v) is 10.6. The van der Waals surface area contributed by atoms with Crippen molar-refractivity contribution in [3.8, 4) is 5.75 Å². The number of imidazole rings is 1. The Bertz CT molecular complexity index is 1200. The van der Waals surface area contributed by atoms with Crippen molar-refractivity contribution in [3.05, 3.63) is 94.8 Å². The quantitative estimate of drug-likeness (QED) is 0.393. The molecule has 0 fully saturated rings. The lowest BCUT2D eigenvalue weighted by atomic mass is 10.2. The number of nitrogens with zero attached hydrogens (tertiary/aromatic N) is 2. The maximum absolute atomic E-state index is 12.4. The molecule has 4 rings (SSSR count). The lowest BCUT2D eigenvalue weighted by molar-refractivity contribution is 0.0953. The number of halogens is 1. The second-order valence-electron chi connectivity index (χ2n) is 7.29. The van der Waals surface area contributed by atoms with E-state index in [9.17, 15) is 4.79 Å². The summed E-state index contributed by atoms with van der Waals surface area (Å²) in [5, 5.41) is 3.73. The second kappa shape index (κ2) is 9.67. The smallest absolute Gasteiger partial charge is 0.251 e. The lowest BCUT2D eigenvalue weighted by Crippen LogP contribution is -2.25. The molecule has 0 atom stereocenters. The fourth-order valence-corrected chi connectivity index (χ4v) is 3.80. The molecule has 4 aromatic rings. The predicted octanol–water partition coefficient (Wildman–Crippen LogP) is 5.11. The monoisotopic (exact) mass is 433 g/mol. The molecule has 0 saturated heterocycles. The molecular weight excluding hydrogens is 410 g/mol. The Hall–Kier alpha value is -3.31. The van der Waals surface area contributed by atoms with Gasteiger partial charge in [-0.3, -0.25) is 4.79 Å². The molecule has 0 aliphatic rings. The molecule has 6 heteroatoms. The first-order chi connectivity index (χ1) is 15.2. The van der Waals surface area contributed by atoms with Gasteiger partial charge >= 0.3 is 0 Å². The Balaban J connectivity index is 1.44. The van der Waals surface area contributed by atoms with Crippen molar-refractivity contribution in [1.29, 1.82) is 0 Å². The van der Waals surface area contributed by atoms with Crippen LogP contribution in [0.15, 0.2) is 72.8 Å². The summed E-state index contributed by atoms with van der Waals surface area (Å²) in [6.07, 6.45) is 1.53. The number of aromatic nitrogens is 2. The Morgan fingerprint density at radius 2 is 1.87 bits per heavy atom. The molecule has 0 radical (unpaired) electrons. The van der Waals surface area contributed by atoms with Crippen molar-refractivity contribution in [2.24, 2.45) is 0 Å². The van der Waals surface area contributed by atoms with Crippen LogP contribution < -0.4 is 10.1 Å². The maximum atomic E-state index is 12.4. The van der Waals surface area contributed by atoms with Gasteiger partial charge in [0.05, 0.1) is 24.7 Å². The van der Waals surface area contributed by atoms with Gasteiger partial charge in [0.1, 0.15) is 11.6 Å². The van der Waals surface area contributed by atoms with Gasteiger partial charge in [-0.15, -0.1) is 0 Å². The second-order valence-corrected chi connectivity index (χ2v) is 7.69. The van der Waals surface area contributed by atoms with E-state index in [0.717, 1.165) is 40.3 Å². The van der Waals surface area contributed by atoms with Crippen LogP contribution in [-0.2, 0) is 13.0 Å². The number of methoxy groups -OCH3 is 1. The summed E-state index contributed by atoms with van der Waals surface area (Å²) in [4.78, 5) is 17.2. The third-order valence-corrected chi connectivity index (χ3v) is 5.58. The van der Waals surface area contributed by atoms with Gasteiger partial charge in [0.15, 0.2) is 0 Å². The predicted molar refractivity (Wildman–Crippen MR) is 124 cm³/mol. The third-order valence-electron chi connectivity index (χ3n) is 5.21. The van der Waals surface area contributed by atoms with Gasteiger partial charge in [-0.2, -0.15) is 0 Å². The minimum absolute atomic E-state index is 0.108. The highest BCUT2D eigenvalue weighted by Gasteiger charge is 2.12. The number of fused-ring (bicyclic) bond motifs is 1. The van der Waals surface area contributed by atoms with Crippen LogP contribution >= 0.6 is 11.6 Å². The number of carbonyl (C=O) groups excluding carboxylic acids is 1. The molecule has 1 amide bonds. The average Bonchev–Trinajstić information content (AvgIpc) is 3.15. The summed E-state index contributed by atoms with van der Waals surface area (Å²) in [5.41, 5.74) is 3.69. The molecule has 0 saturated carbocycles. The summed E-state index contributed by atoms with van der Waals surface area (Å²) in [5.74, 6) is 1.54. The number of amides is 1. The standard InChI is InChI=1S/C25H24ClN3O2/c1-31-20-10-6-9-18(16-20)25(30)27-15-7-14-24-28-22-12-4-5-13-23(22)29(24)17-19-8-2-3-11-21(19)26/h2-6,8-13,16H,7,14-15,17H2,1H3,(H,27,30). The molecule has 0 unspecified atom stereocenters. The first-order valence-electron chi connectivity index (χ1n) is 10.3. The van der Waals surface area contributed by atoms with E-state index in [-0.39, 0.29) is 5.91 Å². The van der Waals surface area contributed by atoms with Gasteiger partial charge in [-0.1, -0.05) is 48.0 Å². The summed E-state index contributed by atoms with van der Waals surface area (Å²) < 4.78 is 7.40. The summed E-state index contributed by atoms with van der Waals surface area (Å²) in [7, 11) is 1.59. The minimum atomic E-state index is -0.108. The minimum Gasteiger partial charge on any atom is -0.497 e. The van der Waals surface area contributed by atoms with E-state index in [0.29, 0.717) is 24.4 Å². The molecule has 0 bridgehead atoms. The zero-order chi connectivity index (χ0) is 21.6. The molecule has 5 nitrogen and oxygen atoms in total. The van der Waals surface area contributed by atoms with Gasteiger partial charge in [0.2, 0.25) is 0 Å². The Labute approximate surface area is 186 Å². The topological polar surface area (TPSA) is 56.1 Å². The molecule has 0 aliphatic carbocycles. The van der Waals surface area contributed by atoms with Crippen LogP contribution in [0.1, 0.15) is 28.2 Å². The number of para-hydroxylation sites is 2. The molecule has 31 heavy (non-hydrogen) atoms.